The van der Waals surface area contributed by atoms with Crippen LogP contribution in [0.5, 0.6) is 5.75 Å². The number of benzene rings is 2. The molecule has 0 spiro atoms. The second-order valence-electron chi connectivity index (χ2n) is 4.87. The zero-order valence-electron chi connectivity index (χ0n) is 12.6. The molecule has 0 saturated carbocycles. The second kappa shape index (κ2) is 6.76. The van der Waals surface area contributed by atoms with Crippen molar-refractivity contribution in [3.63, 3.8) is 0 Å². The highest BCUT2D eigenvalue weighted by molar-refractivity contribution is 7.89. The molecule has 0 aliphatic carbocycles. The van der Waals surface area contributed by atoms with Crippen LogP contribution < -0.4 is 9.46 Å². The minimum absolute atomic E-state index is 0.0246. The fourth-order valence-electron chi connectivity index (χ4n) is 2.01. The van der Waals surface area contributed by atoms with Crippen LogP contribution in [0.2, 0.25) is 0 Å². The topological polar surface area (TPSA) is 98.5 Å². The Labute approximate surface area is 134 Å². The summed E-state index contributed by atoms with van der Waals surface area (Å²) in [7, 11) is -2.22. The van der Waals surface area contributed by atoms with Gasteiger partial charge in [-0.2, -0.15) is 0 Å². The number of nitro benzene ring substituents is 1. The lowest BCUT2D eigenvalue weighted by atomic mass is 10.1. The summed E-state index contributed by atoms with van der Waals surface area (Å²) in [4.78, 5) is 10.0. The number of hydrogen-bond acceptors (Lipinski definition) is 5. The Morgan fingerprint density at radius 2 is 1.65 bits per heavy atom. The molecule has 2 aromatic carbocycles. The number of non-ortho nitro benzene ring substituents is 1. The average Bonchev–Trinajstić information content (AvgIpc) is 2.54. The molecule has 0 unspecified atom stereocenters. The molecule has 0 saturated heterocycles. The summed E-state index contributed by atoms with van der Waals surface area (Å²) >= 11 is 0. The fraction of sp³-hybridized carbons (Fsp3) is 0.200. The molecule has 2 rings (SSSR count). The lowest BCUT2D eigenvalue weighted by Gasteiger charge is -2.15. The first-order valence-electron chi connectivity index (χ1n) is 6.74. The molecule has 1 N–H and O–H groups in total. The molecular weight excluding hydrogens is 320 g/mol. The second-order valence-corrected chi connectivity index (χ2v) is 6.58. The molecule has 2 aromatic rings. The number of rotatable bonds is 6. The Balaban J connectivity index is 2.17. The molecule has 0 bridgehead atoms. The van der Waals surface area contributed by atoms with Crippen LogP contribution in [0, 0.1) is 10.1 Å². The zero-order chi connectivity index (χ0) is 17.0. The van der Waals surface area contributed by atoms with Crippen molar-refractivity contribution in [1.82, 2.24) is 4.72 Å². The molecule has 0 aromatic heterocycles. The third-order valence-corrected chi connectivity index (χ3v) is 4.86. The van der Waals surface area contributed by atoms with Crippen molar-refractivity contribution in [1.29, 1.82) is 0 Å². The van der Waals surface area contributed by atoms with Gasteiger partial charge in [0.15, 0.2) is 0 Å². The normalized spacial score (nSPS) is 12.6. The highest BCUT2D eigenvalue weighted by Gasteiger charge is 2.19. The number of methoxy groups -OCH3 is 1. The summed E-state index contributed by atoms with van der Waals surface area (Å²) in [6.45, 7) is 1.71. The van der Waals surface area contributed by atoms with E-state index in [0.717, 1.165) is 17.7 Å². The van der Waals surface area contributed by atoms with Crippen LogP contribution >= 0.6 is 0 Å². The molecule has 8 heteroatoms. The Bertz CT molecular complexity index is 786. The van der Waals surface area contributed by atoms with Gasteiger partial charge in [-0.1, -0.05) is 12.1 Å². The first kappa shape index (κ1) is 16.9. The molecule has 0 amide bonds. The molecule has 1 atom stereocenters. The van der Waals surface area contributed by atoms with Gasteiger partial charge in [0.2, 0.25) is 10.0 Å². The average molecular weight is 336 g/mol. The minimum atomic E-state index is -3.77. The van der Waals surface area contributed by atoms with Crippen LogP contribution in [0.25, 0.3) is 0 Å². The van der Waals surface area contributed by atoms with Gasteiger partial charge in [0.05, 0.1) is 16.9 Å². The van der Waals surface area contributed by atoms with Crippen molar-refractivity contribution in [2.24, 2.45) is 0 Å². The SMILES string of the molecule is COc1ccc([C@@H](C)NS(=O)(=O)c2ccc([N+](=O)[O-])cc2)cc1. The van der Waals surface area contributed by atoms with Crippen molar-refractivity contribution in [2.75, 3.05) is 7.11 Å². The Morgan fingerprint density at radius 1 is 1.09 bits per heavy atom. The van der Waals surface area contributed by atoms with Crippen LogP contribution in [0.4, 0.5) is 5.69 Å². The molecule has 23 heavy (non-hydrogen) atoms. The third-order valence-electron chi connectivity index (χ3n) is 3.31. The predicted molar refractivity (Wildman–Crippen MR) is 84.8 cm³/mol. The van der Waals surface area contributed by atoms with E-state index < -0.39 is 21.0 Å². The minimum Gasteiger partial charge on any atom is -0.497 e. The van der Waals surface area contributed by atoms with Gasteiger partial charge in [-0.3, -0.25) is 10.1 Å². The van der Waals surface area contributed by atoms with Gasteiger partial charge in [0, 0.05) is 18.2 Å². The van der Waals surface area contributed by atoms with Crippen molar-refractivity contribution >= 4 is 15.7 Å². The van der Waals surface area contributed by atoms with Crippen LogP contribution in [-0.4, -0.2) is 20.5 Å². The number of sulfonamides is 1. The first-order valence-corrected chi connectivity index (χ1v) is 8.22. The van der Waals surface area contributed by atoms with Gasteiger partial charge in [0.1, 0.15) is 5.75 Å². The maximum Gasteiger partial charge on any atom is 0.269 e. The quantitative estimate of drug-likeness (QED) is 0.646. The standard InChI is InChI=1S/C15H16N2O5S/c1-11(12-3-7-14(22-2)8-4-12)16-23(20,21)15-9-5-13(6-10-15)17(18)19/h3-11,16H,1-2H3/t11-/m1/s1. The summed E-state index contributed by atoms with van der Waals surface area (Å²) in [5.41, 5.74) is 0.614. The van der Waals surface area contributed by atoms with E-state index in [1.54, 1.807) is 38.3 Å². The van der Waals surface area contributed by atoms with E-state index in [-0.39, 0.29) is 10.6 Å². The van der Waals surface area contributed by atoms with E-state index >= 15 is 0 Å². The van der Waals surface area contributed by atoms with Crippen LogP contribution in [-0.2, 0) is 10.0 Å². The Kier molecular flexibility index (Phi) is 4.97. The molecule has 0 aliphatic rings. The van der Waals surface area contributed by atoms with E-state index in [9.17, 15) is 18.5 Å². The maximum absolute atomic E-state index is 12.3. The number of hydrogen-bond donors (Lipinski definition) is 1. The van der Waals surface area contributed by atoms with Crippen molar-refractivity contribution in [3.05, 3.63) is 64.2 Å². The lowest BCUT2D eigenvalue weighted by Crippen LogP contribution is -2.26. The molecule has 0 fully saturated rings. The van der Waals surface area contributed by atoms with E-state index in [2.05, 4.69) is 4.72 Å². The zero-order valence-corrected chi connectivity index (χ0v) is 13.4. The van der Waals surface area contributed by atoms with E-state index in [0.29, 0.717) is 5.75 Å². The maximum atomic E-state index is 12.3. The summed E-state index contributed by atoms with van der Waals surface area (Å²) in [6.07, 6.45) is 0. The molecule has 0 radical (unpaired) electrons. The van der Waals surface area contributed by atoms with E-state index in [4.69, 9.17) is 4.74 Å². The summed E-state index contributed by atoms with van der Waals surface area (Å²) in [5, 5.41) is 10.6. The molecule has 0 heterocycles. The monoisotopic (exact) mass is 336 g/mol. The highest BCUT2D eigenvalue weighted by atomic mass is 32.2. The van der Waals surface area contributed by atoms with E-state index in [1.807, 2.05) is 0 Å². The van der Waals surface area contributed by atoms with Crippen molar-refractivity contribution < 1.29 is 18.1 Å². The van der Waals surface area contributed by atoms with Gasteiger partial charge in [-0.15, -0.1) is 0 Å². The number of nitrogens with one attached hydrogen (secondary N) is 1. The van der Waals surface area contributed by atoms with Gasteiger partial charge >= 0.3 is 0 Å². The van der Waals surface area contributed by atoms with Crippen molar-refractivity contribution in [3.8, 4) is 5.75 Å². The Hall–Kier alpha value is -2.45. The number of nitrogens with zero attached hydrogens (tertiary/aromatic N) is 1. The summed E-state index contributed by atoms with van der Waals surface area (Å²) in [6, 6.07) is 11.3. The third kappa shape index (κ3) is 4.05. The fourth-order valence-corrected chi connectivity index (χ4v) is 3.24. The van der Waals surface area contributed by atoms with Gasteiger partial charge < -0.3 is 4.74 Å². The van der Waals surface area contributed by atoms with Crippen molar-refractivity contribution in [2.45, 2.75) is 17.9 Å². The van der Waals surface area contributed by atoms with E-state index in [1.165, 1.54) is 12.1 Å². The van der Waals surface area contributed by atoms with Gasteiger partial charge in [-0.05, 0) is 36.8 Å². The van der Waals surface area contributed by atoms with Gasteiger partial charge in [0.25, 0.3) is 5.69 Å². The predicted octanol–water partition coefficient (Wildman–Crippen LogP) is 2.64. The highest BCUT2D eigenvalue weighted by Crippen LogP contribution is 2.21. The molecule has 7 nitrogen and oxygen atoms in total. The number of ether oxygens (including phenoxy) is 1. The molecule has 0 aliphatic heterocycles. The molecule has 122 valence electrons. The van der Waals surface area contributed by atoms with Gasteiger partial charge in [-0.25, -0.2) is 13.1 Å². The first-order chi connectivity index (χ1) is 10.8. The number of nitro groups is 1. The lowest BCUT2D eigenvalue weighted by molar-refractivity contribution is -0.384. The molecular formula is C15H16N2O5S. The Morgan fingerprint density at radius 3 is 2.13 bits per heavy atom. The van der Waals surface area contributed by atoms with Crippen LogP contribution in [0.15, 0.2) is 53.4 Å². The van der Waals surface area contributed by atoms with Crippen LogP contribution in [0.1, 0.15) is 18.5 Å². The van der Waals surface area contributed by atoms with Crippen LogP contribution in [0.3, 0.4) is 0 Å². The largest absolute Gasteiger partial charge is 0.497 e. The smallest absolute Gasteiger partial charge is 0.269 e. The summed E-state index contributed by atoms with van der Waals surface area (Å²) in [5.74, 6) is 0.680. The summed E-state index contributed by atoms with van der Waals surface area (Å²) < 4.78 is 32.2.